The minimum absolute atomic E-state index is 0. The van der Waals surface area contributed by atoms with Gasteiger partial charge in [-0.05, 0) is 116 Å². The van der Waals surface area contributed by atoms with Crippen molar-refractivity contribution in [2.24, 2.45) is 6.98 Å². The molecule has 3 aliphatic heterocycles. The average molecular weight is 1200 g/mol. The minimum atomic E-state index is -2.54. The van der Waals surface area contributed by atoms with Crippen molar-refractivity contribution in [3.63, 3.8) is 0 Å². The summed E-state index contributed by atoms with van der Waals surface area (Å²) < 4.78 is 36.4. The first-order chi connectivity index (χ1) is 38.2. The fraction of sp³-hybridized carbons (Fsp3) is 0.197. The molecule has 12 heteroatoms. The van der Waals surface area contributed by atoms with Gasteiger partial charge >= 0.3 is 0 Å². The molecule has 0 aliphatic carbocycles. The van der Waals surface area contributed by atoms with Crippen LogP contribution < -0.4 is 25.2 Å². The normalized spacial score (nSPS) is 19.4. The third kappa shape index (κ3) is 10.7. The van der Waals surface area contributed by atoms with E-state index in [1.807, 2.05) is 96.2 Å². The number of nitrogens with one attached hydrogen (secondary N) is 2. The molecule has 2 N–H and O–H groups in total. The number of fused-ring (bicyclic) bond motifs is 5. The number of ether oxygens (including phenoxy) is 1. The Labute approximate surface area is 480 Å². The predicted octanol–water partition coefficient (Wildman–Crippen LogP) is 15.1. The van der Waals surface area contributed by atoms with Gasteiger partial charge in [0, 0.05) is 85.3 Å². The van der Waals surface area contributed by atoms with Gasteiger partial charge in [-0.25, -0.2) is 4.98 Å². The van der Waals surface area contributed by atoms with Crippen molar-refractivity contribution >= 4 is 81.1 Å². The minimum Gasteiger partial charge on any atom is -0.503 e. The van der Waals surface area contributed by atoms with Crippen LogP contribution in [0, 0.1) is 18.8 Å². The Bertz CT molecular complexity index is 3920. The van der Waals surface area contributed by atoms with Crippen molar-refractivity contribution in [3.8, 4) is 17.6 Å². The molecule has 9 nitrogen and oxygen atoms in total. The molecular formula is C66H63B2N8OPt-3. The summed E-state index contributed by atoms with van der Waals surface area (Å²) in [5, 5.41) is 8.33. The van der Waals surface area contributed by atoms with E-state index in [0.717, 1.165) is 72.4 Å². The molecule has 392 valence electrons. The maximum atomic E-state index is 8.77. The van der Waals surface area contributed by atoms with Gasteiger partial charge in [-0.1, -0.05) is 139 Å². The Morgan fingerprint density at radius 3 is 1.87 bits per heavy atom. The van der Waals surface area contributed by atoms with Crippen LogP contribution in [0.15, 0.2) is 182 Å². The fourth-order valence-electron chi connectivity index (χ4n) is 9.85. The number of hydrogen-bond acceptors (Lipinski definition) is 7. The number of pyridine rings is 1. The molecule has 0 spiro atoms. The number of imidazole rings is 1. The fourth-order valence-corrected chi connectivity index (χ4v) is 9.85. The smallest absolute Gasteiger partial charge is 0.213 e. The molecule has 3 aromatic heterocycles. The molecule has 0 amide bonds. The molecule has 5 aromatic carbocycles. The summed E-state index contributed by atoms with van der Waals surface area (Å²) in [6, 6.07) is 40.0. The Hall–Kier alpha value is -7.74. The first-order valence-electron chi connectivity index (χ1n) is 27.7. The van der Waals surface area contributed by atoms with Crippen LogP contribution in [-0.2, 0) is 44.3 Å². The Kier molecular flexibility index (Phi) is 13.8. The third-order valence-electron chi connectivity index (χ3n) is 14.0. The molecule has 78 heavy (non-hydrogen) atoms. The van der Waals surface area contributed by atoms with Gasteiger partial charge in [0.2, 0.25) is 5.95 Å². The molecule has 2 radical (unpaired) electrons. The van der Waals surface area contributed by atoms with Gasteiger partial charge in [-0.2, -0.15) is 23.9 Å². The van der Waals surface area contributed by atoms with Crippen LogP contribution in [0.4, 0.5) is 22.7 Å². The van der Waals surface area contributed by atoms with Gasteiger partial charge in [0.25, 0.3) is 0 Å². The molecule has 0 fully saturated rings. The van der Waals surface area contributed by atoms with E-state index >= 15 is 0 Å². The molecule has 0 bridgehead atoms. The first-order valence-corrected chi connectivity index (χ1v) is 26.2. The van der Waals surface area contributed by atoms with Gasteiger partial charge in [0.1, 0.15) is 5.88 Å². The van der Waals surface area contributed by atoms with Crippen molar-refractivity contribution in [2.45, 2.75) is 78.6 Å². The summed E-state index contributed by atoms with van der Waals surface area (Å²) in [6.07, 6.45) is 24.1. The maximum absolute atomic E-state index is 8.77. The maximum Gasteiger partial charge on any atom is 0.213 e. The number of rotatable bonds is 7. The molecule has 0 atom stereocenters. The molecule has 0 unspecified atom stereocenters. The quantitative estimate of drug-likeness (QED) is 0.122. The Morgan fingerprint density at radius 2 is 1.23 bits per heavy atom. The molecule has 6 heterocycles. The second-order valence-electron chi connectivity index (χ2n) is 22.6. The summed E-state index contributed by atoms with van der Waals surface area (Å²) in [5.74, 6) is 5.04. The Morgan fingerprint density at radius 1 is 0.603 bits per heavy atom. The molecule has 11 rings (SSSR count). The average Bonchev–Trinajstić information content (AvgIpc) is 4.33. The molecule has 0 saturated carbocycles. The number of hydrogen-bond donors (Lipinski definition) is 2. The predicted molar refractivity (Wildman–Crippen MR) is 323 cm³/mol. The van der Waals surface area contributed by atoms with Crippen molar-refractivity contribution in [3.05, 3.63) is 229 Å². The SMILES string of the molecule is [2H]C([2H])([2H])n1c(-n2c3[c-]c(Oc4[c-]c(N5[CH-]N(c6c(/C7=C/C=C\N/C=C\C=C/[B]7)cc(C(C)(C)C)cc6/C6=C/C=C\N/C=C\C=C/[B]6)c6ccccc65)cc(C(C)(C)C)n4)ccc3c3cc(C(C)(C)C)ccc32)nc2ccccc21.[Pt]. The third-order valence-corrected chi connectivity index (χ3v) is 14.0. The number of nitrogens with zero attached hydrogens (tertiary/aromatic N) is 6. The van der Waals surface area contributed by atoms with Crippen LogP contribution in [-0.4, -0.2) is 33.7 Å². The summed E-state index contributed by atoms with van der Waals surface area (Å²) in [6.45, 7) is 19.4. The van der Waals surface area contributed by atoms with Gasteiger partial charge in [0.15, 0.2) is 14.6 Å². The topological polar surface area (TPSA) is 75.4 Å². The van der Waals surface area contributed by atoms with Crippen molar-refractivity contribution < 1.29 is 29.9 Å². The van der Waals surface area contributed by atoms with Gasteiger partial charge < -0.3 is 34.3 Å². The molecule has 3 aliphatic rings. The first kappa shape index (κ1) is 49.8. The zero-order valence-corrected chi connectivity index (χ0v) is 47.7. The second-order valence-corrected chi connectivity index (χ2v) is 22.6. The standard InChI is InChI=1S/C66H63B2N8O.Pt/c1-64(2,3)44-27-30-55-49(37-44)48-29-28-47(42-59(48)76(55)63-71-54-23-11-12-24-56(54)73(63)10)77-61-41-46(40-60(72-61)66(7,8)9)74-43-75(58-26-14-13-25-57(58)74)62-50(52-21-19-35-69-33-17-15-31-67-52)38-45(65(4,5)6)39-51(62)53-22-20-36-70-34-18-16-32-68-53;/h11-40,43,69-70H,1-10H3;/q-3;/b31-15-,32-16-,33-17-,34-18-,35-19-,36-20-,52-21-,53-22-;/i10D3;. The van der Waals surface area contributed by atoms with Crippen LogP contribution in [0.25, 0.3) is 49.7 Å². The Balaban J connectivity index is 0.00000736. The summed E-state index contributed by atoms with van der Waals surface area (Å²) in [5.41, 5.74) is 12.6. The molecule has 8 aromatic rings. The van der Waals surface area contributed by atoms with Crippen molar-refractivity contribution in [1.82, 2.24) is 29.7 Å². The molecule has 0 saturated heterocycles. The number of allylic oxidation sites excluding steroid dienone is 8. The largest absolute Gasteiger partial charge is 0.503 e. The van der Waals surface area contributed by atoms with Crippen LogP contribution >= 0.6 is 0 Å². The van der Waals surface area contributed by atoms with Gasteiger partial charge in [-0.15, -0.1) is 36.1 Å². The summed E-state index contributed by atoms with van der Waals surface area (Å²) >= 11 is 0. The van der Waals surface area contributed by atoms with Crippen LogP contribution in [0.5, 0.6) is 11.6 Å². The van der Waals surface area contributed by atoms with Gasteiger partial charge in [0.05, 0.1) is 11.0 Å². The number of anilines is 4. The van der Waals surface area contributed by atoms with Gasteiger partial charge in [-0.3, -0.25) is 4.98 Å². The number of aromatic nitrogens is 4. The van der Waals surface area contributed by atoms with E-state index in [-0.39, 0.29) is 43.7 Å². The second kappa shape index (κ2) is 21.6. The van der Waals surface area contributed by atoms with Crippen LogP contribution in [0.3, 0.4) is 0 Å². The monoisotopic (exact) mass is 1200 g/mol. The van der Waals surface area contributed by atoms with E-state index in [1.165, 1.54) is 10.1 Å². The van der Waals surface area contributed by atoms with E-state index in [4.69, 9.17) is 18.8 Å². The number of benzene rings is 5. The van der Waals surface area contributed by atoms with Crippen LogP contribution in [0.2, 0.25) is 0 Å². The van der Waals surface area contributed by atoms with Crippen molar-refractivity contribution in [2.75, 3.05) is 9.80 Å². The summed E-state index contributed by atoms with van der Waals surface area (Å²) in [4.78, 5) is 14.6. The van der Waals surface area contributed by atoms with E-state index in [1.54, 1.807) is 6.07 Å². The zero-order valence-electron chi connectivity index (χ0n) is 48.5. The van der Waals surface area contributed by atoms with E-state index in [9.17, 15) is 0 Å². The summed E-state index contributed by atoms with van der Waals surface area (Å²) in [7, 11) is 4.34. The number of para-hydroxylation sites is 4. The molecular weight excluding hydrogens is 1140 g/mol. The van der Waals surface area contributed by atoms with Crippen molar-refractivity contribution in [1.29, 1.82) is 0 Å². The number of aryl methyl sites for hydroxylation is 1. The van der Waals surface area contributed by atoms with Crippen LogP contribution in [0.1, 0.15) is 94.4 Å². The van der Waals surface area contributed by atoms with E-state index in [0.29, 0.717) is 22.3 Å². The van der Waals surface area contributed by atoms with E-state index in [2.05, 4.69) is 201 Å². The van der Waals surface area contributed by atoms with E-state index < -0.39 is 12.4 Å². The zero-order chi connectivity index (χ0) is 56.1.